The van der Waals surface area contributed by atoms with Gasteiger partial charge in [-0.05, 0) is 146 Å². The van der Waals surface area contributed by atoms with Gasteiger partial charge in [-0.25, -0.2) is 19.3 Å². The van der Waals surface area contributed by atoms with Crippen LogP contribution in [-0.4, -0.2) is 121 Å². The molecule has 0 bridgehead atoms. The van der Waals surface area contributed by atoms with Crippen molar-refractivity contribution in [2.75, 3.05) is 54.8 Å². The zero-order valence-electron chi connectivity index (χ0n) is 43.1. The number of para-hydroxylation sites is 1. The first kappa shape index (κ1) is 49.1. The summed E-state index contributed by atoms with van der Waals surface area (Å²) in [5, 5.41) is 9.23. The van der Waals surface area contributed by atoms with Crippen molar-refractivity contribution in [3.05, 3.63) is 90.1 Å². The standard InChI is InChI=1S/C58H68FN11O5/c1-35(2)69-34-60-48-32-47(64-53(52(48)69)63-46-10-5-4-9-44(46)59)37-15-19-43-49(29-37)70(41-30-40(31-41)66-24-6-3-7-25-66)57(75)58(43)22-27-67(28-23-58)56(74)38-21-26-68(33-38)55(73)36-13-16-39(17-14-36)61-50-12-8-11-45(62-50)42-18-20-51(71)65-54(42)72/h4-5,8-12,15,19,29,32,34-36,38-42H,3,6-7,13-14,16-18,20-28,30-31,33H2,1-2H3,(H,61,62)(H,63,64)(H,65,71,72)/t36?,38-,39?,40?,41?,42-/m1/s1. The lowest BCUT2D eigenvalue weighted by atomic mass is 9.73. The molecule has 7 aliphatic rings. The van der Waals surface area contributed by atoms with Crippen LogP contribution in [0.1, 0.15) is 127 Å². The number of amides is 5. The third-order valence-corrected chi connectivity index (χ3v) is 17.9. The van der Waals surface area contributed by atoms with Gasteiger partial charge in [0, 0.05) is 73.9 Å². The third kappa shape index (κ3) is 9.22. The SMILES string of the molecule is CC(C)n1cnc2cc(-c3ccc4c(c3)N(C3CC(N5CCCCC5)C3)C(=O)C43CCN(C(=O)[C@@H]4CCN(C(=O)C5CCC(Nc6cccc([C@H]7CCC(=O)NC7=O)n6)CC5)C4)CC3)nc(Nc3ccccc3F)c21. The molecule has 3 aromatic heterocycles. The van der Waals surface area contributed by atoms with E-state index in [1.165, 1.54) is 25.3 Å². The van der Waals surface area contributed by atoms with Crippen molar-refractivity contribution in [1.29, 1.82) is 0 Å². The van der Waals surface area contributed by atoms with Gasteiger partial charge in [0.25, 0.3) is 0 Å². The molecule has 2 aliphatic carbocycles. The van der Waals surface area contributed by atoms with E-state index in [4.69, 9.17) is 15.0 Å². The van der Waals surface area contributed by atoms with Gasteiger partial charge in [-0.3, -0.25) is 29.3 Å². The maximum absolute atomic E-state index is 15.3. The van der Waals surface area contributed by atoms with E-state index in [1.54, 1.807) is 24.5 Å². The van der Waals surface area contributed by atoms with Crippen molar-refractivity contribution < 1.29 is 28.4 Å². The van der Waals surface area contributed by atoms with E-state index in [0.29, 0.717) is 93.0 Å². The Morgan fingerprint density at radius 2 is 1.56 bits per heavy atom. The molecule has 4 saturated heterocycles. The lowest BCUT2D eigenvalue weighted by molar-refractivity contribution is -0.140. The Labute approximate surface area is 437 Å². The molecule has 12 rings (SSSR count). The zero-order valence-corrected chi connectivity index (χ0v) is 43.1. The zero-order chi connectivity index (χ0) is 51.5. The van der Waals surface area contributed by atoms with E-state index in [0.717, 1.165) is 79.5 Å². The average Bonchev–Trinajstić information content (AvgIpc) is 4.14. The maximum atomic E-state index is 15.3. The van der Waals surface area contributed by atoms with Gasteiger partial charge < -0.3 is 34.8 Å². The molecule has 8 heterocycles. The summed E-state index contributed by atoms with van der Waals surface area (Å²) >= 11 is 0. The summed E-state index contributed by atoms with van der Waals surface area (Å²) in [6.45, 7) is 8.30. The predicted octanol–water partition coefficient (Wildman–Crippen LogP) is 8.22. The van der Waals surface area contributed by atoms with Crippen molar-refractivity contribution >= 4 is 63.6 Å². The number of pyridine rings is 2. The predicted molar refractivity (Wildman–Crippen MR) is 284 cm³/mol. The number of carbonyl (C=O) groups is 5. The van der Waals surface area contributed by atoms with Gasteiger partial charge in [-0.2, -0.15) is 0 Å². The van der Waals surface area contributed by atoms with Crippen molar-refractivity contribution in [3.8, 4) is 11.3 Å². The van der Waals surface area contributed by atoms with E-state index in [-0.39, 0.29) is 65.3 Å². The van der Waals surface area contributed by atoms with Crippen LogP contribution in [-0.2, 0) is 29.4 Å². The number of hydrogen-bond acceptors (Lipinski definition) is 11. The summed E-state index contributed by atoms with van der Waals surface area (Å²) in [6, 6.07) is 21.2. The fourth-order valence-corrected chi connectivity index (χ4v) is 13.5. The molecule has 5 aliphatic heterocycles. The molecule has 6 fully saturated rings. The molecule has 2 aromatic carbocycles. The molecule has 0 unspecified atom stereocenters. The smallest absolute Gasteiger partial charge is 0.238 e. The Balaban J connectivity index is 0.721. The van der Waals surface area contributed by atoms with E-state index in [1.807, 2.05) is 38.6 Å². The third-order valence-electron chi connectivity index (χ3n) is 17.9. The van der Waals surface area contributed by atoms with E-state index >= 15 is 9.18 Å². The Hall–Kier alpha value is -6.75. The van der Waals surface area contributed by atoms with Crippen molar-refractivity contribution in [2.24, 2.45) is 11.8 Å². The second kappa shape index (κ2) is 20.1. The van der Waals surface area contributed by atoms with Crippen molar-refractivity contribution in [2.45, 2.75) is 139 Å². The van der Waals surface area contributed by atoms with Gasteiger partial charge in [0.05, 0.1) is 46.2 Å². The van der Waals surface area contributed by atoms with Crippen LogP contribution in [0.4, 0.5) is 27.4 Å². The molecule has 2 atom stereocenters. The van der Waals surface area contributed by atoms with Gasteiger partial charge in [-0.15, -0.1) is 0 Å². The summed E-state index contributed by atoms with van der Waals surface area (Å²) in [4.78, 5) is 91.0. The summed E-state index contributed by atoms with van der Waals surface area (Å²) in [7, 11) is 0. The largest absolute Gasteiger partial charge is 0.367 e. The molecule has 16 nitrogen and oxygen atoms in total. The quantitative estimate of drug-likeness (QED) is 0.109. The lowest BCUT2D eigenvalue weighted by Gasteiger charge is -2.48. The molecule has 1 spiro atoms. The van der Waals surface area contributed by atoms with Crippen molar-refractivity contribution in [1.82, 2.24) is 39.5 Å². The van der Waals surface area contributed by atoms with Gasteiger partial charge >= 0.3 is 0 Å². The highest BCUT2D eigenvalue weighted by molar-refractivity contribution is 6.09. The number of imidazole rings is 1. The Morgan fingerprint density at radius 3 is 2.32 bits per heavy atom. The molecular formula is C58H68FN11O5. The lowest BCUT2D eigenvalue weighted by Crippen LogP contribution is -2.58. The molecular weight excluding hydrogens is 950 g/mol. The number of aromatic nitrogens is 4. The van der Waals surface area contributed by atoms with Crippen LogP contribution in [0.3, 0.4) is 0 Å². The first-order chi connectivity index (χ1) is 36.4. The molecule has 75 heavy (non-hydrogen) atoms. The van der Waals surface area contributed by atoms with Crippen LogP contribution in [0.25, 0.3) is 22.3 Å². The number of benzene rings is 2. The maximum Gasteiger partial charge on any atom is 0.238 e. The first-order valence-corrected chi connectivity index (χ1v) is 27.7. The minimum atomic E-state index is -0.760. The number of anilines is 4. The number of imide groups is 1. The number of carbonyl (C=O) groups excluding carboxylic acids is 5. The topological polar surface area (TPSA) is 178 Å². The fraction of sp³-hybridized carbons (Fsp3) is 0.517. The number of hydrogen-bond donors (Lipinski definition) is 3. The number of halogens is 1. The van der Waals surface area contributed by atoms with Gasteiger partial charge in [0.1, 0.15) is 17.2 Å². The number of fused-ring (bicyclic) bond motifs is 3. The summed E-state index contributed by atoms with van der Waals surface area (Å²) in [6.07, 6.45) is 12.9. The van der Waals surface area contributed by atoms with Crippen LogP contribution in [0, 0.1) is 17.7 Å². The number of nitrogens with zero attached hydrogens (tertiary/aromatic N) is 8. The average molecular weight is 1020 g/mol. The van der Waals surface area contributed by atoms with Gasteiger partial charge in [-0.1, -0.05) is 36.8 Å². The number of rotatable bonds is 11. The summed E-state index contributed by atoms with van der Waals surface area (Å²) < 4.78 is 17.2. The second-order valence-electron chi connectivity index (χ2n) is 22.7. The normalized spacial score (nSPS) is 25.9. The highest BCUT2D eigenvalue weighted by atomic mass is 19.1. The number of likely N-dealkylation sites (tertiary alicyclic amines) is 3. The Bertz CT molecular complexity index is 3040. The highest BCUT2D eigenvalue weighted by Crippen LogP contribution is 2.52. The van der Waals surface area contributed by atoms with Crippen LogP contribution >= 0.6 is 0 Å². The second-order valence-corrected chi connectivity index (χ2v) is 22.7. The molecule has 0 radical (unpaired) electrons. The Kier molecular flexibility index (Phi) is 13.2. The molecule has 392 valence electrons. The van der Waals surface area contributed by atoms with Crippen LogP contribution in [0.2, 0.25) is 0 Å². The molecule has 17 heteroatoms. The molecule has 3 N–H and O–H groups in total. The minimum Gasteiger partial charge on any atom is -0.367 e. The van der Waals surface area contributed by atoms with Crippen LogP contribution in [0.5, 0.6) is 0 Å². The fourth-order valence-electron chi connectivity index (χ4n) is 13.5. The number of nitrogens with one attached hydrogen (secondary N) is 3. The molecule has 5 amide bonds. The summed E-state index contributed by atoms with van der Waals surface area (Å²) in [5.74, 6) is -0.243. The van der Waals surface area contributed by atoms with Gasteiger partial charge in [0.15, 0.2) is 5.82 Å². The number of piperidine rings is 3. The van der Waals surface area contributed by atoms with Crippen LogP contribution in [0.15, 0.2) is 73.1 Å². The van der Waals surface area contributed by atoms with E-state index < -0.39 is 11.3 Å². The highest BCUT2D eigenvalue weighted by Gasteiger charge is 2.56. The van der Waals surface area contributed by atoms with Gasteiger partial charge in [0.2, 0.25) is 29.5 Å². The summed E-state index contributed by atoms with van der Waals surface area (Å²) in [5.41, 5.74) is 5.17. The first-order valence-electron chi connectivity index (χ1n) is 27.7. The van der Waals surface area contributed by atoms with Crippen molar-refractivity contribution in [3.63, 3.8) is 0 Å². The monoisotopic (exact) mass is 1020 g/mol. The van der Waals surface area contributed by atoms with Crippen LogP contribution < -0.4 is 20.9 Å². The minimum absolute atomic E-state index is 0.0715. The molecule has 5 aromatic rings. The molecule has 2 saturated carbocycles. The Morgan fingerprint density at radius 1 is 0.787 bits per heavy atom. The van der Waals surface area contributed by atoms with E-state index in [9.17, 15) is 19.2 Å². The van der Waals surface area contributed by atoms with E-state index in [2.05, 4.69) is 57.8 Å².